The highest BCUT2D eigenvalue weighted by Gasteiger charge is 2.28. The van der Waals surface area contributed by atoms with Gasteiger partial charge in [0, 0.05) is 20.3 Å². The van der Waals surface area contributed by atoms with Gasteiger partial charge in [0.2, 0.25) is 5.91 Å². The number of nitrogens with one attached hydrogen (secondary N) is 1. The lowest BCUT2D eigenvalue weighted by Crippen LogP contribution is -2.35. The van der Waals surface area contributed by atoms with Crippen LogP contribution in [0.4, 0.5) is 0 Å². The van der Waals surface area contributed by atoms with Crippen LogP contribution in [-0.2, 0) is 9.53 Å². The van der Waals surface area contributed by atoms with E-state index in [4.69, 9.17) is 10.00 Å². The molecule has 0 radical (unpaired) electrons. The standard InChI is InChI=1S/C12H13BrN2O3S/c1-18-6-2-5-15-12(17)8(7-14)11(16)9-3-4-10(13)19-9/h3-4,8H,2,5-6H2,1H3,(H,15,17)/t8-/m1/s1. The molecular formula is C12H13BrN2O3S. The van der Waals surface area contributed by atoms with Gasteiger partial charge in [-0.1, -0.05) is 0 Å². The number of ether oxygens (including phenoxy) is 1. The van der Waals surface area contributed by atoms with E-state index in [0.717, 1.165) is 3.79 Å². The number of methoxy groups -OCH3 is 1. The molecule has 1 N–H and O–H groups in total. The Morgan fingerprint density at radius 2 is 2.32 bits per heavy atom. The van der Waals surface area contributed by atoms with E-state index >= 15 is 0 Å². The fraction of sp³-hybridized carbons (Fsp3) is 0.417. The first-order valence-corrected chi connectivity index (χ1v) is 7.17. The van der Waals surface area contributed by atoms with Crippen LogP contribution in [0.2, 0.25) is 0 Å². The monoisotopic (exact) mass is 344 g/mol. The molecule has 0 saturated heterocycles. The highest BCUT2D eigenvalue weighted by Crippen LogP contribution is 2.24. The number of thiophene rings is 1. The molecule has 19 heavy (non-hydrogen) atoms. The lowest BCUT2D eigenvalue weighted by atomic mass is 10.0. The minimum absolute atomic E-state index is 0.381. The van der Waals surface area contributed by atoms with Crippen molar-refractivity contribution in [2.24, 2.45) is 5.92 Å². The Hall–Kier alpha value is -1.23. The van der Waals surface area contributed by atoms with Crippen molar-refractivity contribution >= 4 is 39.0 Å². The molecule has 1 rings (SSSR count). The van der Waals surface area contributed by atoms with Crippen LogP contribution in [0.25, 0.3) is 0 Å². The number of rotatable bonds is 7. The summed E-state index contributed by atoms with van der Waals surface area (Å²) in [6.07, 6.45) is 0.638. The summed E-state index contributed by atoms with van der Waals surface area (Å²) in [4.78, 5) is 24.2. The van der Waals surface area contributed by atoms with E-state index in [9.17, 15) is 9.59 Å². The van der Waals surface area contributed by atoms with Crippen molar-refractivity contribution in [2.45, 2.75) is 6.42 Å². The van der Waals surface area contributed by atoms with Gasteiger partial charge in [0.15, 0.2) is 11.7 Å². The maximum absolute atomic E-state index is 12.0. The highest BCUT2D eigenvalue weighted by atomic mass is 79.9. The van der Waals surface area contributed by atoms with E-state index < -0.39 is 17.6 Å². The second kappa shape index (κ2) is 8.04. The third-order valence-corrected chi connectivity index (χ3v) is 3.93. The van der Waals surface area contributed by atoms with Crippen LogP contribution in [0.5, 0.6) is 0 Å². The van der Waals surface area contributed by atoms with Crippen LogP contribution >= 0.6 is 27.3 Å². The molecule has 0 bridgehead atoms. The number of Topliss-reactive ketones (excluding diaryl/α,β-unsaturated/α-hetero) is 1. The Balaban J connectivity index is 2.60. The smallest absolute Gasteiger partial charge is 0.245 e. The zero-order valence-electron chi connectivity index (χ0n) is 10.3. The van der Waals surface area contributed by atoms with Gasteiger partial charge in [-0.3, -0.25) is 9.59 Å². The largest absolute Gasteiger partial charge is 0.385 e. The Bertz CT molecular complexity index is 495. The van der Waals surface area contributed by atoms with Crippen molar-refractivity contribution in [1.82, 2.24) is 5.32 Å². The molecular weight excluding hydrogens is 332 g/mol. The third-order valence-electron chi connectivity index (χ3n) is 2.29. The van der Waals surface area contributed by atoms with Gasteiger partial charge in [-0.25, -0.2) is 0 Å². The Morgan fingerprint density at radius 1 is 1.58 bits per heavy atom. The average molecular weight is 345 g/mol. The molecule has 5 nitrogen and oxygen atoms in total. The number of nitriles is 1. The molecule has 0 spiro atoms. The molecule has 0 saturated carbocycles. The molecule has 0 aliphatic heterocycles. The van der Waals surface area contributed by atoms with Crippen molar-refractivity contribution in [3.8, 4) is 6.07 Å². The van der Waals surface area contributed by atoms with Gasteiger partial charge in [-0.15, -0.1) is 11.3 Å². The van der Waals surface area contributed by atoms with Gasteiger partial charge in [-0.2, -0.15) is 5.26 Å². The Morgan fingerprint density at radius 3 is 2.84 bits per heavy atom. The number of halogens is 1. The molecule has 1 aromatic heterocycles. The maximum Gasteiger partial charge on any atom is 0.245 e. The summed E-state index contributed by atoms with van der Waals surface area (Å²) in [6, 6.07) is 5.06. The van der Waals surface area contributed by atoms with Crippen molar-refractivity contribution < 1.29 is 14.3 Å². The van der Waals surface area contributed by atoms with E-state index in [0.29, 0.717) is 24.4 Å². The van der Waals surface area contributed by atoms with E-state index in [-0.39, 0.29) is 0 Å². The SMILES string of the molecule is COCCCNC(=O)[C@H](C#N)C(=O)c1ccc(Br)s1. The predicted octanol–water partition coefficient (Wildman–Crippen LogP) is 1.99. The van der Waals surface area contributed by atoms with E-state index in [2.05, 4.69) is 21.2 Å². The van der Waals surface area contributed by atoms with Crippen molar-refractivity contribution in [3.63, 3.8) is 0 Å². The van der Waals surface area contributed by atoms with Crippen LogP contribution in [0.1, 0.15) is 16.1 Å². The molecule has 0 aliphatic rings. The van der Waals surface area contributed by atoms with E-state index in [1.54, 1.807) is 25.3 Å². The van der Waals surface area contributed by atoms with Crippen molar-refractivity contribution in [3.05, 3.63) is 20.8 Å². The minimum Gasteiger partial charge on any atom is -0.385 e. The van der Waals surface area contributed by atoms with Gasteiger partial charge in [0.05, 0.1) is 14.7 Å². The van der Waals surface area contributed by atoms with Gasteiger partial charge in [0.1, 0.15) is 0 Å². The fourth-order valence-electron chi connectivity index (χ4n) is 1.36. The van der Waals surface area contributed by atoms with E-state index in [1.165, 1.54) is 11.3 Å². The zero-order chi connectivity index (χ0) is 14.3. The molecule has 7 heteroatoms. The van der Waals surface area contributed by atoms with Gasteiger partial charge in [0.25, 0.3) is 0 Å². The van der Waals surface area contributed by atoms with Crippen LogP contribution in [-0.4, -0.2) is 32.0 Å². The first-order valence-electron chi connectivity index (χ1n) is 5.56. The molecule has 1 amide bonds. The van der Waals surface area contributed by atoms with Crippen molar-refractivity contribution in [2.75, 3.05) is 20.3 Å². The molecule has 0 aromatic carbocycles. The molecule has 1 aromatic rings. The second-order valence-corrected chi connectivity index (χ2v) is 6.13. The summed E-state index contributed by atoms with van der Waals surface area (Å²) >= 11 is 4.44. The number of ketones is 1. The molecule has 0 fully saturated rings. The quantitative estimate of drug-likeness (QED) is 0.466. The third kappa shape index (κ3) is 4.74. The molecule has 102 valence electrons. The van der Waals surface area contributed by atoms with Crippen LogP contribution in [0.3, 0.4) is 0 Å². The summed E-state index contributed by atoms with van der Waals surface area (Å²) in [5.41, 5.74) is 0. The molecule has 1 atom stereocenters. The first-order chi connectivity index (χ1) is 9.10. The lowest BCUT2D eigenvalue weighted by Gasteiger charge is -2.08. The predicted molar refractivity (Wildman–Crippen MR) is 75.0 cm³/mol. The minimum atomic E-state index is -1.30. The van der Waals surface area contributed by atoms with Gasteiger partial charge in [-0.05, 0) is 34.5 Å². The molecule has 0 unspecified atom stereocenters. The lowest BCUT2D eigenvalue weighted by molar-refractivity contribution is -0.122. The summed E-state index contributed by atoms with van der Waals surface area (Å²) in [5, 5.41) is 11.5. The average Bonchev–Trinajstić information content (AvgIpc) is 2.82. The van der Waals surface area contributed by atoms with E-state index in [1.807, 2.05) is 0 Å². The van der Waals surface area contributed by atoms with Crippen LogP contribution < -0.4 is 5.32 Å². The summed E-state index contributed by atoms with van der Waals surface area (Å²) in [6.45, 7) is 0.898. The highest BCUT2D eigenvalue weighted by molar-refractivity contribution is 9.11. The Labute approximate surface area is 123 Å². The normalized spacial score (nSPS) is 11.6. The summed E-state index contributed by atoms with van der Waals surface area (Å²) < 4.78 is 5.63. The second-order valence-electron chi connectivity index (χ2n) is 3.67. The fourth-order valence-corrected chi connectivity index (χ4v) is 2.71. The summed E-state index contributed by atoms with van der Waals surface area (Å²) in [7, 11) is 1.57. The molecule has 0 aliphatic carbocycles. The zero-order valence-corrected chi connectivity index (χ0v) is 12.7. The number of carbonyl (C=O) groups excluding carboxylic acids is 2. The van der Waals surface area contributed by atoms with Crippen LogP contribution in [0, 0.1) is 17.2 Å². The van der Waals surface area contributed by atoms with Gasteiger partial charge < -0.3 is 10.1 Å². The molecule has 1 heterocycles. The number of amides is 1. The number of nitrogens with zero attached hydrogens (tertiary/aromatic N) is 1. The number of hydrogen-bond donors (Lipinski definition) is 1. The first kappa shape index (κ1) is 15.8. The van der Waals surface area contributed by atoms with Crippen molar-refractivity contribution in [1.29, 1.82) is 5.26 Å². The summed E-state index contributed by atoms with van der Waals surface area (Å²) in [5.74, 6) is -2.33. The number of carbonyl (C=O) groups is 2. The van der Waals surface area contributed by atoms with Gasteiger partial charge >= 0.3 is 0 Å². The Kier molecular flexibility index (Phi) is 6.70. The number of hydrogen-bond acceptors (Lipinski definition) is 5. The topological polar surface area (TPSA) is 79.2 Å². The maximum atomic E-state index is 12.0. The van der Waals surface area contributed by atoms with Crippen LogP contribution in [0.15, 0.2) is 15.9 Å².